The zero-order valence-electron chi connectivity index (χ0n) is 18.7. The van der Waals surface area contributed by atoms with Crippen molar-refractivity contribution in [2.75, 3.05) is 25.0 Å². The molecule has 2 atom stereocenters. The van der Waals surface area contributed by atoms with E-state index in [1.165, 1.54) is 35.2 Å². The topological polar surface area (TPSA) is 57.4 Å². The Labute approximate surface area is 201 Å². The number of piperidine rings is 1. The van der Waals surface area contributed by atoms with E-state index < -0.39 is 23.3 Å². The summed E-state index contributed by atoms with van der Waals surface area (Å²) >= 11 is 3.53. The third-order valence-corrected chi connectivity index (χ3v) is 7.28. The van der Waals surface area contributed by atoms with E-state index in [0.717, 1.165) is 36.5 Å². The Kier molecular flexibility index (Phi) is 7.11. The summed E-state index contributed by atoms with van der Waals surface area (Å²) in [6.07, 6.45) is 4.65. The van der Waals surface area contributed by atoms with Gasteiger partial charge in [-0.1, -0.05) is 28.1 Å². The molecule has 0 radical (unpaired) electrons. The Balaban J connectivity index is 1.54. The Morgan fingerprint density at radius 2 is 1.97 bits per heavy atom. The molecule has 1 aromatic heterocycles. The van der Waals surface area contributed by atoms with E-state index in [9.17, 15) is 13.9 Å². The quantitative estimate of drug-likeness (QED) is 0.507. The smallest absolute Gasteiger partial charge is 0.137 e. The van der Waals surface area contributed by atoms with Crippen LogP contribution in [0.5, 0.6) is 0 Å². The molecule has 3 aromatic rings. The molecule has 0 saturated carbocycles. The van der Waals surface area contributed by atoms with E-state index in [1.807, 2.05) is 26.1 Å². The fourth-order valence-corrected chi connectivity index (χ4v) is 5.09. The van der Waals surface area contributed by atoms with Crippen molar-refractivity contribution in [2.45, 2.75) is 44.0 Å². The minimum atomic E-state index is -1.64. The van der Waals surface area contributed by atoms with Crippen LogP contribution in [0, 0.1) is 11.6 Å². The molecule has 9 heteroatoms. The highest BCUT2D eigenvalue weighted by Crippen LogP contribution is 2.34. The number of hydrogen-bond acceptors (Lipinski definition) is 5. The van der Waals surface area contributed by atoms with Crippen LogP contribution in [0.15, 0.2) is 59.6 Å². The van der Waals surface area contributed by atoms with Crippen LogP contribution in [0.2, 0.25) is 0 Å². The molecule has 2 heterocycles. The van der Waals surface area contributed by atoms with E-state index in [4.69, 9.17) is 0 Å². The molecule has 0 unspecified atom stereocenters. The number of aromatic nitrogens is 3. The third kappa shape index (κ3) is 5.10. The van der Waals surface area contributed by atoms with Crippen LogP contribution >= 0.6 is 15.9 Å². The van der Waals surface area contributed by atoms with Crippen molar-refractivity contribution in [1.29, 1.82) is 0 Å². The standard InChI is InChI=1S/C24H28BrF2N5O/c1-17(30(2)20-8-10-31(11-9-20)21-5-3-4-18(25)12-21)24(33,14-32-16-28-15-29-32)22-7-6-19(26)13-23(22)27/h3-7,12-13,15-17,20,33H,8-11,14H2,1-2H3/t17-,24-/m1/s1. The van der Waals surface area contributed by atoms with Gasteiger partial charge < -0.3 is 10.0 Å². The van der Waals surface area contributed by atoms with Crippen LogP contribution in [-0.2, 0) is 12.1 Å². The van der Waals surface area contributed by atoms with Crippen molar-refractivity contribution in [1.82, 2.24) is 19.7 Å². The van der Waals surface area contributed by atoms with Crippen LogP contribution in [0.3, 0.4) is 0 Å². The van der Waals surface area contributed by atoms with Crippen molar-refractivity contribution in [2.24, 2.45) is 0 Å². The van der Waals surface area contributed by atoms with Crippen molar-refractivity contribution in [3.63, 3.8) is 0 Å². The molecule has 2 aromatic carbocycles. The first-order valence-corrected chi connectivity index (χ1v) is 11.8. The maximum Gasteiger partial charge on any atom is 0.137 e. The summed E-state index contributed by atoms with van der Waals surface area (Å²) in [5, 5.41) is 15.9. The summed E-state index contributed by atoms with van der Waals surface area (Å²) in [6, 6.07) is 11.3. The Bertz CT molecular complexity index is 1070. The monoisotopic (exact) mass is 519 g/mol. The van der Waals surface area contributed by atoms with Gasteiger partial charge in [-0.15, -0.1) is 0 Å². The van der Waals surface area contributed by atoms with Gasteiger partial charge in [-0.25, -0.2) is 18.4 Å². The molecule has 1 aliphatic rings. The lowest BCUT2D eigenvalue weighted by Crippen LogP contribution is -2.55. The first-order chi connectivity index (χ1) is 15.8. The summed E-state index contributed by atoms with van der Waals surface area (Å²) in [4.78, 5) is 8.40. The second kappa shape index (κ2) is 9.87. The Morgan fingerprint density at radius 3 is 2.61 bits per heavy atom. The molecule has 1 saturated heterocycles. The zero-order chi connectivity index (χ0) is 23.6. The fourth-order valence-electron chi connectivity index (χ4n) is 4.70. The van der Waals surface area contributed by atoms with Gasteiger partial charge in [0.05, 0.1) is 6.54 Å². The predicted molar refractivity (Wildman–Crippen MR) is 127 cm³/mol. The normalized spacial score (nSPS) is 17.8. The van der Waals surface area contributed by atoms with Crippen molar-refractivity contribution >= 4 is 21.6 Å². The van der Waals surface area contributed by atoms with Crippen LogP contribution in [0.4, 0.5) is 14.5 Å². The highest BCUT2D eigenvalue weighted by Gasteiger charge is 2.43. The van der Waals surface area contributed by atoms with Crippen LogP contribution < -0.4 is 4.90 Å². The maximum absolute atomic E-state index is 14.8. The summed E-state index contributed by atoms with van der Waals surface area (Å²) in [5.41, 5.74) is -0.415. The zero-order valence-corrected chi connectivity index (χ0v) is 20.3. The second-order valence-electron chi connectivity index (χ2n) is 8.68. The molecule has 0 aliphatic carbocycles. The number of anilines is 1. The molecule has 1 fully saturated rings. The van der Waals surface area contributed by atoms with Gasteiger partial charge in [0.25, 0.3) is 0 Å². The Hall–Kier alpha value is -2.36. The predicted octanol–water partition coefficient (Wildman–Crippen LogP) is 4.20. The van der Waals surface area contributed by atoms with Gasteiger partial charge in [0.1, 0.15) is 29.9 Å². The minimum absolute atomic E-state index is 0.00204. The van der Waals surface area contributed by atoms with Gasteiger partial charge in [-0.05, 0) is 51.1 Å². The number of hydrogen-bond donors (Lipinski definition) is 1. The second-order valence-corrected chi connectivity index (χ2v) is 9.60. The van der Waals surface area contributed by atoms with Gasteiger partial charge in [0, 0.05) is 47.0 Å². The largest absolute Gasteiger partial charge is 0.381 e. The number of benzene rings is 2. The van der Waals surface area contributed by atoms with Crippen LogP contribution in [-0.4, -0.2) is 57.0 Å². The van der Waals surface area contributed by atoms with E-state index in [-0.39, 0.29) is 18.2 Å². The highest BCUT2D eigenvalue weighted by molar-refractivity contribution is 9.10. The first kappa shape index (κ1) is 23.8. The average molecular weight is 520 g/mol. The fraction of sp³-hybridized carbons (Fsp3) is 0.417. The molecular weight excluding hydrogens is 492 g/mol. The van der Waals surface area contributed by atoms with Crippen molar-refractivity contribution in [3.8, 4) is 0 Å². The van der Waals surface area contributed by atoms with Crippen LogP contribution in [0.1, 0.15) is 25.3 Å². The summed E-state index contributed by atoms with van der Waals surface area (Å²) in [6.45, 7) is 3.63. The third-order valence-electron chi connectivity index (χ3n) is 6.78. The molecule has 0 bridgehead atoms. The molecule has 0 amide bonds. The molecule has 1 N–H and O–H groups in total. The lowest BCUT2D eigenvalue weighted by atomic mass is 9.84. The van der Waals surface area contributed by atoms with E-state index in [1.54, 1.807) is 0 Å². The molecule has 1 aliphatic heterocycles. The number of aliphatic hydroxyl groups is 1. The SMILES string of the molecule is C[C@@H](N(C)C1CCN(c2cccc(Br)c2)CC1)[C@](O)(Cn1cncn1)c1ccc(F)cc1F. The summed E-state index contributed by atoms with van der Waals surface area (Å²) in [7, 11) is 1.96. The van der Waals surface area contributed by atoms with Gasteiger partial charge in [0.15, 0.2) is 0 Å². The molecule has 0 spiro atoms. The lowest BCUT2D eigenvalue weighted by Gasteiger charge is -2.45. The number of nitrogens with zero attached hydrogens (tertiary/aromatic N) is 5. The molecule has 6 nitrogen and oxygen atoms in total. The van der Waals surface area contributed by atoms with Gasteiger partial charge in [-0.2, -0.15) is 5.10 Å². The number of likely N-dealkylation sites (N-methyl/N-ethyl adjacent to an activating group) is 1. The molecule has 4 rings (SSSR count). The summed E-state index contributed by atoms with van der Waals surface area (Å²) < 4.78 is 31.0. The van der Waals surface area contributed by atoms with E-state index in [0.29, 0.717) is 0 Å². The van der Waals surface area contributed by atoms with Gasteiger partial charge >= 0.3 is 0 Å². The molecular formula is C24H28BrF2N5O. The van der Waals surface area contributed by atoms with Crippen LogP contribution in [0.25, 0.3) is 0 Å². The molecule has 33 heavy (non-hydrogen) atoms. The average Bonchev–Trinajstić information content (AvgIpc) is 3.31. The molecule has 176 valence electrons. The lowest BCUT2D eigenvalue weighted by molar-refractivity contribution is -0.0697. The highest BCUT2D eigenvalue weighted by atomic mass is 79.9. The number of rotatable bonds is 7. The first-order valence-electron chi connectivity index (χ1n) is 11.0. The Morgan fingerprint density at radius 1 is 1.21 bits per heavy atom. The minimum Gasteiger partial charge on any atom is -0.381 e. The number of halogens is 3. The summed E-state index contributed by atoms with van der Waals surface area (Å²) in [5.74, 6) is -1.46. The maximum atomic E-state index is 14.8. The van der Waals surface area contributed by atoms with E-state index in [2.05, 4.69) is 47.9 Å². The van der Waals surface area contributed by atoms with Gasteiger partial charge in [-0.3, -0.25) is 4.90 Å². The van der Waals surface area contributed by atoms with Crippen molar-refractivity contribution in [3.05, 3.63) is 76.8 Å². The van der Waals surface area contributed by atoms with E-state index >= 15 is 0 Å². The van der Waals surface area contributed by atoms with Crippen molar-refractivity contribution < 1.29 is 13.9 Å². The van der Waals surface area contributed by atoms with Gasteiger partial charge in [0.2, 0.25) is 0 Å².